The van der Waals surface area contributed by atoms with Crippen LogP contribution in [0.1, 0.15) is 0 Å². The topological polar surface area (TPSA) is 68.9 Å². The first-order chi connectivity index (χ1) is 10.9. The van der Waals surface area contributed by atoms with Gasteiger partial charge >= 0.3 is 5.69 Å². The molecule has 0 amide bonds. The Morgan fingerprint density at radius 3 is 2.52 bits per heavy atom. The molecule has 0 aliphatic rings. The number of fused-ring (bicyclic) bond motifs is 1. The lowest BCUT2D eigenvalue weighted by Crippen LogP contribution is -2.37. The van der Waals surface area contributed by atoms with Crippen molar-refractivity contribution in [3.63, 3.8) is 0 Å². The molecular formula is C15H12Cl2N4O2. The van der Waals surface area contributed by atoms with Crippen LogP contribution in [0.4, 0.5) is 11.4 Å². The molecule has 2 heterocycles. The van der Waals surface area contributed by atoms with Gasteiger partial charge in [0.15, 0.2) is 5.65 Å². The number of hydrogen-bond donors (Lipinski definition) is 1. The van der Waals surface area contributed by atoms with E-state index in [1.54, 1.807) is 31.3 Å². The van der Waals surface area contributed by atoms with E-state index in [2.05, 4.69) is 10.3 Å². The number of aromatic nitrogens is 3. The average molecular weight is 351 g/mol. The SMILES string of the molecule is Cn1c(=O)c2c(Nc3cccc(Cl)c3Cl)ccnc2n(C)c1=O. The third-order valence-corrected chi connectivity index (χ3v) is 4.38. The molecule has 8 heteroatoms. The molecule has 118 valence electrons. The Hall–Kier alpha value is -2.31. The van der Waals surface area contributed by atoms with E-state index in [0.717, 1.165) is 4.57 Å². The van der Waals surface area contributed by atoms with Crippen molar-refractivity contribution in [1.29, 1.82) is 0 Å². The quantitative estimate of drug-likeness (QED) is 0.771. The Labute approximate surface area is 140 Å². The van der Waals surface area contributed by atoms with Crippen molar-refractivity contribution in [2.75, 3.05) is 5.32 Å². The van der Waals surface area contributed by atoms with Gasteiger partial charge in [-0.2, -0.15) is 0 Å². The van der Waals surface area contributed by atoms with Crippen LogP contribution in [-0.4, -0.2) is 14.1 Å². The first-order valence-corrected chi connectivity index (χ1v) is 7.43. The number of anilines is 2. The van der Waals surface area contributed by atoms with Crippen LogP contribution in [0, 0.1) is 0 Å². The van der Waals surface area contributed by atoms with E-state index < -0.39 is 11.2 Å². The summed E-state index contributed by atoms with van der Waals surface area (Å²) in [4.78, 5) is 28.6. The lowest BCUT2D eigenvalue weighted by atomic mass is 10.2. The number of hydrogen-bond acceptors (Lipinski definition) is 4. The molecule has 0 saturated heterocycles. The Morgan fingerprint density at radius 1 is 1.04 bits per heavy atom. The molecule has 0 fully saturated rings. The summed E-state index contributed by atoms with van der Waals surface area (Å²) in [6, 6.07) is 6.80. The minimum Gasteiger partial charge on any atom is -0.353 e. The molecule has 0 atom stereocenters. The molecule has 0 radical (unpaired) electrons. The normalized spacial score (nSPS) is 11.0. The number of halogens is 2. The summed E-state index contributed by atoms with van der Waals surface area (Å²) in [5, 5.41) is 4.13. The summed E-state index contributed by atoms with van der Waals surface area (Å²) in [5.74, 6) is 0. The zero-order valence-corrected chi connectivity index (χ0v) is 13.8. The minimum atomic E-state index is -0.437. The summed E-state index contributed by atoms with van der Waals surface area (Å²) < 4.78 is 2.36. The molecule has 2 aromatic heterocycles. The average Bonchev–Trinajstić information content (AvgIpc) is 2.55. The van der Waals surface area contributed by atoms with Crippen LogP contribution in [0.25, 0.3) is 11.0 Å². The standard InChI is InChI=1S/C15H12Cl2N4O2/c1-20-13-11(14(22)21(2)15(20)23)9(6-7-18-13)19-10-5-3-4-8(16)12(10)17/h3-7H,1-2H3,(H,18,19). The van der Waals surface area contributed by atoms with E-state index in [4.69, 9.17) is 23.2 Å². The molecule has 0 saturated carbocycles. The number of nitrogens with zero attached hydrogens (tertiary/aromatic N) is 3. The van der Waals surface area contributed by atoms with E-state index in [9.17, 15) is 9.59 Å². The van der Waals surface area contributed by atoms with Gasteiger partial charge in [0.1, 0.15) is 5.39 Å². The highest BCUT2D eigenvalue weighted by atomic mass is 35.5. The number of aryl methyl sites for hydroxylation is 1. The molecule has 3 rings (SSSR count). The third kappa shape index (κ3) is 2.50. The number of rotatable bonds is 2. The first-order valence-electron chi connectivity index (χ1n) is 6.67. The van der Waals surface area contributed by atoms with Crippen LogP contribution in [0.5, 0.6) is 0 Å². The molecule has 0 aliphatic heterocycles. The summed E-state index contributed by atoms with van der Waals surface area (Å²) >= 11 is 12.2. The van der Waals surface area contributed by atoms with Crippen LogP contribution in [0.3, 0.4) is 0 Å². The van der Waals surface area contributed by atoms with Crippen molar-refractivity contribution < 1.29 is 0 Å². The summed E-state index contributed by atoms with van der Waals surface area (Å²) in [6.45, 7) is 0. The molecule has 23 heavy (non-hydrogen) atoms. The summed E-state index contributed by atoms with van der Waals surface area (Å²) in [7, 11) is 2.99. The molecule has 0 unspecified atom stereocenters. The van der Waals surface area contributed by atoms with Crippen molar-refractivity contribution >= 4 is 45.6 Å². The molecule has 0 aliphatic carbocycles. The van der Waals surface area contributed by atoms with E-state index in [0.29, 0.717) is 32.5 Å². The number of nitrogens with one attached hydrogen (secondary N) is 1. The van der Waals surface area contributed by atoms with Crippen molar-refractivity contribution in [2.45, 2.75) is 0 Å². The molecule has 6 nitrogen and oxygen atoms in total. The first kappa shape index (κ1) is 15.6. The highest BCUT2D eigenvalue weighted by molar-refractivity contribution is 6.43. The van der Waals surface area contributed by atoms with Crippen LogP contribution in [-0.2, 0) is 14.1 Å². The van der Waals surface area contributed by atoms with Crippen LogP contribution < -0.4 is 16.6 Å². The summed E-state index contributed by atoms with van der Waals surface area (Å²) in [6.07, 6.45) is 1.52. The Balaban J connectivity index is 2.29. The van der Waals surface area contributed by atoms with Crippen LogP contribution in [0.2, 0.25) is 10.0 Å². The van der Waals surface area contributed by atoms with Gasteiger partial charge in [-0.3, -0.25) is 13.9 Å². The summed E-state index contributed by atoms with van der Waals surface area (Å²) in [5.41, 5.74) is 0.476. The largest absolute Gasteiger partial charge is 0.353 e. The molecule has 1 aromatic carbocycles. The minimum absolute atomic E-state index is 0.293. The second kappa shape index (κ2) is 5.72. The van der Waals surface area contributed by atoms with Gasteiger partial charge in [-0.1, -0.05) is 29.3 Å². The fourth-order valence-electron chi connectivity index (χ4n) is 2.34. The lowest BCUT2D eigenvalue weighted by Gasteiger charge is -2.13. The van der Waals surface area contributed by atoms with Gasteiger partial charge in [-0.25, -0.2) is 9.78 Å². The maximum absolute atomic E-state index is 12.5. The van der Waals surface area contributed by atoms with Crippen molar-refractivity contribution in [1.82, 2.24) is 14.1 Å². The fourth-order valence-corrected chi connectivity index (χ4v) is 2.68. The third-order valence-electron chi connectivity index (χ3n) is 3.56. The molecule has 0 bridgehead atoms. The maximum atomic E-state index is 12.5. The highest BCUT2D eigenvalue weighted by Crippen LogP contribution is 2.32. The Morgan fingerprint density at radius 2 is 1.78 bits per heavy atom. The van der Waals surface area contributed by atoms with Gasteiger partial charge in [-0.05, 0) is 18.2 Å². The molecule has 0 spiro atoms. The highest BCUT2D eigenvalue weighted by Gasteiger charge is 2.14. The lowest BCUT2D eigenvalue weighted by molar-refractivity contribution is 0.708. The molecule has 1 N–H and O–H groups in total. The van der Waals surface area contributed by atoms with Crippen molar-refractivity contribution in [2.24, 2.45) is 14.1 Å². The predicted molar refractivity (Wildman–Crippen MR) is 92.0 cm³/mol. The van der Waals surface area contributed by atoms with E-state index in [-0.39, 0.29) is 0 Å². The number of pyridine rings is 1. The zero-order chi connectivity index (χ0) is 16.7. The molecule has 3 aromatic rings. The second-order valence-corrected chi connectivity index (χ2v) is 5.77. The van der Waals surface area contributed by atoms with Gasteiger partial charge < -0.3 is 5.32 Å². The van der Waals surface area contributed by atoms with Gasteiger partial charge in [0.25, 0.3) is 5.56 Å². The Bertz CT molecular complexity index is 1040. The smallest absolute Gasteiger partial charge is 0.332 e. The van der Waals surface area contributed by atoms with Crippen LogP contribution >= 0.6 is 23.2 Å². The van der Waals surface area contributed by atoms with Gasteiger partial charge in [-0.15, -0.1) is 0 Å². The molecular weight excluding hydrogens is 339 g/mol. The van der Waals surface area contributed by atoms with Crippen molar-refractivity contribution in [3.05, 3.63) is 61.3 Å². The fraction of sp³-hybridized carbons (Fsp3) is 0.133. The van der Waals surface area contributed by atoms with Crippen molar-refractivity contribution in [3.8, 4) is 0 Å². The van der Waals surface area contributed by atoms with E-state index >= 15 is 0 Å². The van der Waals surface area contributed by atoms with Gasteiger partial charge in [0, 0.05) is 20.3 Å². The van der Waals surface area contributed by atoms with E-state index in [1.807, 2.05) is 0 Å². The number of benzene rings is 1. The predicted octanol–water partition coefficient (Wildman–Crippen LogP) is 2.68. The van der Waals surface area contributed by atoms with E-state index in [1.165, 1.54) is 17.8 Å². The zero-order valence-electron chi connectivity index (χ0n) is 12.3. The van der Waals surface area contributed by atoms with Gasteiger partial charge in [0.2, 0.25) is 0 Å². The van der Waals surface area contributed by atoms with Crippen LogP contribution in [0.15, 0.2) is 40.1 Å². The Kier molecular flexibility index (Phi) is 3.87. The second-order valence-electron chi connectivity index (χ2n) is 4.99. The van der Waals surface area contributed by atoms with Gasteiger partial charge in [0.05, 0.1) is 21.4 Å². The monoisotopic (exact) mass is 350 g/mol. The maximum Gasteiger partial charge on any atom is 0.332 e.